The molecule has 1 atom stereocenters. The van der Waals surface area contributed by atoms with Crippen molar-refractivity contribution >= 4 is 35.2 Å². The highest BCUT2D eigenvalue weighted by Gasteiger charge is 2.33. The zero-order chi connectivity index (χ0) is 18.2. The van der Waals surface area contributed by atoms with Gasteiger partial charge in [-0.1, -0.05) is 24.9 Å². The Morgan fingerprint density at radius 3 is 2.50 bits per heavy atom. The van der Waals surface area contributed by atoms with Gasteiger partial charge in [0.15, 0.2) is 5.75 Å². The Hall–Kier alpha value is -1.15. The molecule has 1 unspecified atom stereocenters. The van der Waals surface area contributed by atoms with Gasteiger partial charge in [0.25, 0.3) is 0 Å². The number of quaternary nitrogens is 1. The lowest BCUT2D eigenvalue weighted by Gasteiger charge is -2.29. The van der Waals surface area contributed by atoms with E-state index in [1.807, 2.05) is 13.2 Å². The normalized spacial score (nSPS) is 13.2. The molecule has 0 aromatic heterocycles. The van der Waals surface area contributed by atoms with Gasteiger partial charge in [0, 0.05) is 18.4 Å². The lowest BCUT2D eigenvalue weighted by molar-refractivity contribution is -0.143. The molecule has 6 nitrogen and oxygen atoms in total. The van der Waals surface area contributed by atoms with E-state index in [9.17, 15) is 4.79 Å². The summed E-state index contributed by atoms with van der Waals surface area (Å²) < 4.78 is 15.8. The van der Waals surface area contributed by atoms with Crippen LogP contribution < -0.4 is 19.3 Å². The fraction of sp³-hybridized carbons (Fsp3) is 0.562. The van der Waals surface area contributed by atoms with Gasteiger partial charge in [0.05, 0.1) is 44.2 Å². The minimum absolute atomic E-state index is 0.0560. The first-order valence-electron chi connectivity index (χ1n) is 7.71. The minimum atomic E-state index is -0.259. The highest BCUT2D eigenvalue weighted by Crippen LogP contribution is 2.42. The summed E-state index contributed by atoms with van der Waals surface area (Å²) >= 11 is 7.52. The molecule has 2 N–H and O–H groups in total. The van der Waals surface area contributed by atoms with E-state index >= 15 is 0 Å². The number of nitrogens with zero attached hydrogens (tertiary/aromatic N) is 1. The summed E-state index contributed by atoms with van der Waals surface area (Å²) in [5.74, 6) is 7.27. The molecule has 0 fully saturated rings. The van der Waals surface area contributed by atoms with Gasteiger partial charge < -0.3 is 14.2 Å². The number of carbonyl (C=O) groups excluding carboxylic acids is 1. The van der Waals surface area contributed by atoms with E-state index in [0.29, 0.717) is 35.4 Å². The first-order chi connectivity index (χ1) is 11.4. The van der Waals surface area contributed by atoms with Gasteiger partial charge in [0.1, 0.15) is 12.3 Å². The predicted molar refractivity (Wildman–Crippen MR) is 99.4 cm³/mol. The molecule has 136 valence electrons. The molecule has 1 rings (SSSR count). The van der Waals surface area contributed by atoms with Crippen LogP contribution in [0.1, 0.15) is 26.2 Å². The second-order valence-corrected chi connectivity index (χ2v) is 6.61. The molecule has 1 aromatic carbocycles. The number of halogens is 1. The Labute approximate surface area is 152 Å². The predicted octanol–water partition coefficient (Wildman–Crippen LogP) is 3.55. The van der Waals surface area contributed by atoms with E-state index in [-0.39, 0.29) is 16.4 Å². The molecule has 0 aliphatic carbocycles. The topological polar surface area (TPSA) is 70.8 Å². The maximum absolute atomic E-state index is 11.9. The van der Waals surface area contributed by atoms with Gasteiger partial charge in [-0.3, -0.25) is 4.79 Å². The van der Waals surface area contributed by atoms with E-state index in [0.717, 1.165) is 12.8 Å². The number of hydrogen-bond acceptors (Lipinski definition) is 6. The van der Waals surface area contributed by atoms with Crippen LogP contribution >= 0.6 is 23.5 Å². The number of methoxy groups -OCH3 is 2. The Kier molecular flexibility index (Phi) is 8.69. The fourth-order valence-corrected chi connectivity index (χ4v) is 2.95. The highest BCUT2D eigenvalue weighted by molar-refractivity contribution is 7.98. The van der Waals surface area contributed by atoms with Crippen molar-refractivity contribution in [2.45, 2.75) is 26.2 Å². The van der Waals surface area contributed by atoms with E-state index in [2.05, 4.69) is 0 Å². The van der Waals surface area contributed by atoms with Gasteiger partial charge in [-0.05, 0) is 6.42 Å². The van der Waals surface area contributed by atoms with Gasteiger partial charge in [0.2, 0.25) is 5.69 Å². The van der Waals surface area contributed by atoms with Crippen molar-refractivity contribution in [1.29, 1.82) is 0 Å². The van der Waals surface area contributed by atoms with E-state index in [1.54, 1.807) is 19.2 Å². The maximum Gasteiger partial charge on any atom is 0.311 e. The van der Waals surface area contributed by atoms with Crippen molar-refractivity contribution < 1.29 is 19.0 Å². The second-order valence-electron chi connectivity index (χ2n) is 5.18. The first kappa shape index (κ1) is 20.9. The number of unbranched alkanes of at least 4 members (excludes halogenated alkanes) is 1. The van der Waals surface area contributed by atoms with Crippen molar-refractivity contribution in [3.05, 3.63) is 17.2 Å². The van der Waals surface area contributed by atoms with Gasteiger partial charge in [-0.2, -0.15) is 9.84 Å². The monoisotopic (exact) mass is 377 g/mol. The zero-order valence-electron chi connectivity index (χ0n) is 14.6. The molecule has 0 aliphatic heterocycles. The van der Waals surface area contributed by atoms with Crippen LogP contribution in [0.5, 0.6) is 11.5 Å². The fourth-order valence-electron chi connectivity index (χ4n) is 2.11. The van der Waals surface area contributed by atoms with Gasteiger partial charge >= 0.3 is 5.97 Å². The van der Waals surface area contributed by atoms with Crippen LogP contribution in [0.4, 0.5) is 5.69 Å². The number of rotatable bonds is 10. The number of esters is 1. The summed E-state index contributed by atoms with van der Waals surface area (Å²) in [5.41, 5.74) is 0.674. The van der Waals surface area contributed by atoms with Crippen LogP contribution in [-0.4, -0.2) is 39.6 Å². The molecule has 0 aliphatic rings. The standard InChI is InChI=1S/C16H26ClN2O4S/c1-5-6-9-23-16(20)7-8-19(18,24-4)13-11-14(21-2)12(17)10-15(13)22-3/h10-11H,5-9,18H2,1-4H3/q+1. The van der Waals surface area contributed by atoms with Crippen LogP contribution in [0, 0.1) is 0 Å². The molecule has 1 aromatic rings. The third-order valence-electron chi connectivity index (χ3n) is 3.60. The Morgan fingerprint density at radius 2 is 1.96 bits per heavy atom. The molecule has 0 radical (unpaired) electrons. The van der Waals surface area contributed by atoms with Crippen LogP contribution in [0.25, 0.3) is 0 Å². The lowest BCUT2D eigenvalue weighted by Crippen LogP contribution is -2.50. The van der Waals surface area contributed by atoms with Crippen LogP contribution in [0.3, 0.4) is 0 Å². The van der Waals surface area contributed by atoms with Gasteiger partial charge in [-0.15, -0.1) is 0 Å². The Bertz CT molecular complexity index is 559. The third kappa shape index (κ3) is 5.44. The quantitative estimate of drug-likeness (QED) is 0.168. The number of hydrogen-bond donors (Lipinski definition) is 1. The van der Waals surface area contributed by atoms with E-state index in [4.69, 9.17) is 31.7 Å². The summed E-state index contributed by atoms with van der Waals surface area (Å²) in [6.45, 7) is 2.84. The molecule has 24 heavy (non-hydrogen) atoms. The Balaban J connectivity index is 2.95. The molecular formula is C16H26ClN2O4S+. The van der Waals surface area contributed by atoms with Crippen molar-refractivity contribution in [1.82, 2.24) is 4.00 Å². The average molecular weight is 378 g/mol. The van der Waals surface area contributed by atoms with Crippen LogP contribution in [-0.2, 0) is 9.53 Å². The summed E-state index contributed by atoms with van der Waals surface area (Å²) in [6, 6.07) is 3.39. The Morgan fingerprint density at radius 1 is 1.29 bits per heavy atom. The molecule has 0 heterocycles. The maximum atomic E-state index is 11.9. The largest absolute Gasteiger partial charge is 0.495 e. The highest BCUT2D eigenvalue weighted by atomic mass is 35.5. The lowest BCUT2D eigenvalue weighted by atomic mass is 10.2. The summed E-state index contributed by atoms with van der Waals surface area (Å²) in [7, 11) is 3.08. The molecule has 0 amide bonds. The third-order valence-corrected chi connectivity index (χ3v) is 4.92. The molecule has 0 spiro atoms. The van der Waals surface area contributed by atoms with Crippen molar-refractivity contribution in [2.24, 2.45) is 5.84 Å². The molecule has 0 saturated heterocycles. The van der Waals surface area contributed by atoms with E-state index in [1.165, 1.54) is 19.1 Å². The number of benzene rings is 1. The average Bonchev–Trinajstić information content (AvgIpc) is 2.59. The smallest absolute Gasteiger partial charge is 0.311 e. The van der Waals surface area contributed by atoms with Crippen LogP contribution in [0.2, 0.25) is 5.02 Å². The molecule has 8 heteroatoms. The van der Waals surface area contributed by atoms with Crippen LogP contribution in [0.15, 0.2) is 12.1 Å². The second kappa shape index (κ2) is 9.98. The molecule has 0 saturated carbocycles. The minimum Gasteiger partial charge on any atom is -0.495 e. The number of nitrogens with two attached hydrogens (primary N) is 1. The molecule has 0 bridgehead atoms. The van der Waals surface area contributed by atoms with Crippen molar-refractivity contribution in [3.63, 3.8) is 0 Å². The summed E-state index contributed by atoms with van der Waals surface area (Å²) in [5, 5.41) is 0.435. The first-order valence-corrected chi connectivity index (χ1v) is 9.27. The number of carbonyl (C=O) groups is 1. The van der Waals surface area contributed by atoms with Crippen molar-refractivity contribution in [3.8, 4) is 11.5 Å². The summed E-state index contributed by atoms with van der Waals surface area (Å²) in [6.07, 6.45) is 3.91. The molecular weight excluding hydrogens is 352 g/mol. The van der Waals surface area contributed by atoms with Gasteiger partial charge in [-0.25, -0.2) is 0 Å². The van der Waals surface area contributed by atoms with E-state index < -0.39 is 0 Å². The zero-order valence-corrected chi connectivity index (χ0v) is 16.2. The summed E-state index contributed by atoms with van der Waals surface area (Å²) in [4.78, 5) is 11.9. The SMILES string of the molecule is CCCCOC(=O)CC[N+](N)(SC)c1cc(OC)c(Cl)cc1OC. The number of ether oxygens (including phenoxy) is 3. The van der Waals surface area contributed by atoms with Crippen molar-refractivity contribution in [2.75, 3.05) is 33.6 Å².